The molecule has 0 radical (unpaired) electrons. The quantitative estimate of drug-likeness (QED) is 0.421. The summed E-state index contributed by atoms with van der Waals surface area (Å²) >= 11 is 0. The molecule has 0 fully saturated rings. The van der Waals surface area contributed by atoms with Crippen LogP contribution in [0.5, 0.6) is 0 Å². The number of hydrogen-bond acceptors (Lipinski definition) is 4. The summed E-state index contributed by atoms with van der Waals surface area (Å²) in [5, 5.41) is 6.44. The zero-order valence-corrected chi connectivity index (χ0v) is 21.3. The first-order valence-electron chi connectivity index (χ1n) is 12.0. The van der Waals surface area contributed by atoms with Crippen molar-refractivity contribution < 1.29 is 13.2 Å². The van der Waals surface area contributed by atoms with Gasteiger partial charge in [0.25, 0.3) is 5.91 Å². The standard InChI is InChI=1S/C28H33N3O3S/c1-4-20-10-13-23(14-11-20)35(33,34)31-26-19-28(2,3)30-25-15-12-22(18-24(25)26)27(32)29-17-16-21-8-6-5-7-9-21/h5-15,18,26,30-31H,4,16-17,19H2,1-3H3,(H,29,32)/t26-/m0/s1. The van der Waals surface area contributed by atoms with Crippen molar-refractivity contribution in [3.8, 4) is 0 Å². The van der Waals surface area contributed by atoms with Gasteiger partial charge in [-0.15, -0.1) is 0 Å². The number of carbonyl (C=O) groups excluding carboxylic acids is 1. The van der Waals surface area contributed by atoms with Gasteiger partial charge in [0.15, 0.2) is 0 Å². The van der Waals surface area contributed by atoms with E-state index in [9.17, 15) is 13.2 Å². The van der Waals surface area contributed by atoms with Crippen LogP contribution in [-0.2, 0) is 22.9 Å². The van der Waals surface area contributed by atoms with Crippen LogP contribution in [0.1, 0.15) is 60.3 Å². The normalized spacial score (nSPS) is 16.7. The zero-order chi connectivity index (χ0) is 25.1. The largest absolute Gasteiger partial charge is 0.380 e. The van der Waals surface area contributed by atoms with E-state index in [0.29, 0.717) is 18.5 Å². The fourth-order valence-corrected chi connectivity index (χ4v) is 5.69. The van der Waals surface area contributed by atoms with Gasteiger partial charge in [-0.2, -0.15) is 0 Å². The van der Waals surface area contributed by atoms with Gasteiger partial charge in [0.1, 0.15) is 0 Å². The molecule has 3 aromatic rings. The number of carbonyl (C=O) groups is 1. The lowest BCUT2D eigenvalue weighted by Gasteiger charge is -2.39. The van der Waals surface area contributed by atoms with E-state index in [4.69, 9.17) is 0 Å². The predicted molar refractivity (Wildman–Crippen MR) is 140 cm³/mol. The van der Waals surface area contributed by atoms with Gasteiger partial charge >= 0.3 is 0 Å². The van der Waals surface area contributed by atoms with Gasteiger partial charge in [0, 0.05) is 23.3 Å². The first-order chi connectivity index (χ1) is 16.7. The summed E-state index contributed by atoms with van der Waals surface area (Å²) in [7, 11) is -3.73. The van der Waals surface area contributed by atoms with Crippen LogP contribution in [0.3, 0.4) is 0 Å². The van der Waals surface area contributed by atoms with Gasteiger partial charge in [-0.05, 0) is 80.1 Å². The van der Waals surface area contributed by atoms with Crippen LogP contribution in [0.15, 0.2) is 77.7 Å². The average molecular weight is 492 g/mol. The van der Waals surface area contributed by atoms with Crippen molar-refractivity contribution in [3.63, 3.8) is 0 Å². The smallest absolute Gasteiger partial charge is 0.251 e. The lowest BCUT2D eigenvalue weighted by molar-refractivity contribution is 0.0954. The Kier molecular flexibility index (Phi) is 7.28. The minimum atomic E-state index is -3.73. The van der Waals surface area contributed by atoms with Gasteiger partial charge < -0.3 is 10.6 Å². The van der Waals surface area contributed by atoms with E-state index >= 15 is 0 Å². The lowest BCUT2D eigenvalue weighted by Crippen LogP contribution is -2.43. The highest BCUT2D eigenvalue weighted by Gasteiger charge is 2.34. The molecular formula is C28H33N3O3S. The Bertz CT molecular complexity index is 1290. The van der Waals surface area contributed by atoms with Crippen molar-refractivity contribution in [1.82, 2.24) is 10.0 Å². The van der Waals surface area contributed by atoms with E-state index in [1.54, 1.807) is 24.3 Å². The average Bonchev–Trinajstić information content (AvgIpc) is 2.83. The molecule has 3 aromatic carbocycles. The van der Waals surface area contributed by atoms with Gasteiger partial charge in [0.2, 0.25) is 10.0 Å². The topological polar surface area (TPSA) is 87.3 Å². The molecule has 0 spiro atoms. The van der Waals surface area contributed by atoms with Gasteiger partial charge in [-0.25, -0.2) is 13.1 Å². The molecule has 0 saturated heterocycles. The number of hydrogen-bond donors (Lipinski definition) is 3. The second kappa shape index (κ2) is 10.2. The number of sulfonamides is 1. The summed E-state index contributed by atoms with van der Waals surface area (Å²) in [5.74, 6) is -0.176. The summed E-state index contributed by atoms with van der Waals surface area (Å²) in [5.41, 5.74) is 4.04. The molecule has 3 N–H and O–H groups in total. The Morgan fingerprint density at radius 3 is 2.40 bits per heavy atom. The van der Waals surface area contributed by atoms with E-state index in [1.807, 2.05) is 69.3 Å². The maximum Gasteiger partial charge on any atom is 0.251 e. The number of aryl methyl sites for hydroxylation is 1. The molecule has 1 aliphatic heterocycles. The van der Waals surface area contributed by atoms with Crippen molar-refractivity contribution in [3.05, 3.63) is 95.1 Å². The molecule has 1 amide bonds. The molecule has 0 unspecified atom stereocenters. The predicted octanol–water partition coefficient (Wildman–Crippen LogP) is 4.84. The van der Waals surface area contributed by atoms with Crippen molar-refractivity contribution in [2.24, 2.45) is 0 Å². The van der Waals surface area contributed by atoms with Crippen LogP contribution >= 0.6 is 0 Å². The minimum absolute atomic E-state index is 0.176. The summed E-state index contributed by atoms with van der Waals surface area (Å²) in [6.07, 6.45) is 2.14. The van der Waals surface area contributed by atoms with E-state index in [0.717, 1.165) is 35.2 Å². The van der Waals surface area contributed by atoms with E-state index in [1.165, 1.54) is 0 Å². The maximum absolute atomic E-state index is 13.2. The molecule has 35 heavy (non-hydrogen) atoms. The first kappa shape index (κ1) is 24.9. The maximum atomic E-state index is 13.2. The number of rotatable bonds is 8. The van der Waals surface area contributed by atoms with E-state index in [2.05, 4.69) is 15.4 Å². The third-order valence-electron chi connectivity index (χ3n) is 6.36. The van der Waals surface area contributed by atoms with Crippen molar-refractivity contribution in [1.29, 1.82) is 0 Å². The molecule has 0 saturated carbocycles. The molecule has 4 rings (SSSR count). The van der Waals surface area contributed by atoms with Crippen LogP contribution in [-0.4, -0.2) is 26.4 Å². The highest BCUT2D eigenvalue weighted by molar-refractivity contribution is 7.89. The molecule has 7 heteroatoms. The number of benzene rings is 3. The van der Waals surface area contributed by atoms with Crippen LogP contribution < -0.4 is 15.4 Å². The van der Waals surface area contributed by atoms with Crippen molar-refractivity contribution in [2.75, 3.05) is 11.9 Å². The number of fused-ring (bicyclic) bond motifs is 1. The monoisotopic (exact) mass is 491 g/mol. The second-order valence-corrected chi connectivity index (χ2v) is 11.4. The van der Waals surface area contributed by atoms with Gasteiger partial charge in [-0.1, -0.05) is 49.4 Å². The van der Waals surface area contributed by atoms with Gasteiger partial charge in [-0.3, -0.25) is 4.79 Å². The Balaban J connectivity index is 1.53. The third kappa shape index (κ3) is 6.10. The minimum Gasteiger partial charge on any atom is -0.380 e. The molecular weight excluding hydrogens is 458 g/mol. The highest BCUT2D eigenvalue weighted by atomic mass is 32.2. The fourth-order valence-electron chi connectivity index (χ4n) is 4.47. The summed E-state index contributed by atoms with van der Waals surface area (Å²) < 4.78 is 29.3. The number of nitrogens with one attached hydrogen (secondary N) is 3. The van der Waals surface area contributed by atoms with E-state index in [-0.39, 0.29) is 16.3 Å². The van der Waals surface area contributed by atoms with Crippen LogP contribution in [0.2, 0.25) is 0 Å². The Morgan fingerprint density at radius 2 is 1.71 bits per heavy atom. The summed E-state index contributed by atoms with van der Waals surface area (Å²) in [6.45, 7) is 6.63. The third-order valence-corrected chi connectivity index (χ3v) is 7.85. The number of anilines is 1. The molecule has 0 aliphatic carbocycles. The summed E-state index contributed by atoms with van der Waals surface area (Å²) in [6, 6.07) is 21.9. The van der Waals surface area contributed by atoms with Crippen molar-refractivity contribution >= 4 is 21.6 Å². The van der Waals surface area contributed by atoms with E-state index < -0.39 is 16.1 Å². The Labute approximate surface area is 208 Å². The van der Waals surface area contributed by atoms with Gasteiger partial charge in [0.05, 0.1) is 10.9 Å². The van der Waals surface area contributed by atoms with Crippen LogP contribution in [0.25, 0.3) is 0 Å². The first-order valence-corrected chi connectivity index (χ1v) is 13.5. The second-order valence-electron chi connectivity index (χ2n) is 9.68. The van der Waals surface area contributed by atoms with Crippen LogP contribution in [0, 0.1) is 0 Å². The molecule has 1 aliphatic rings. The van der Waals surface area contributed by atoms with Crippen LogP contribution in [0.4, 0.5) is 5.69 Å². The molecule has 0 bridgehead atoms. The Morgan fingerprint density at radius 1 is 1.00 bits per heavy atom. The molecule has 1 atom stereocenters. The zero-order valence-electron chi connectivity index (χ0n) is 20.5. The highest BCUT2D eigenvalue weighted by Crippen LogP contribution is 2.38. The molecule has 1 heterocycles. The van der Waals surface area contributed by atoms with Crippen molar-refractivity contribution in [2.45, 2.75) is 56.5 Å². The SMILES string of the molecule is CCc1ccc(S(=O)(=O)N[C@H]2CC(C)(C)Nc3ccc(C(=O)NCCc4ccccc4)cc32)cc1. The summed E-state index contributed by atoms with van der Waals surface area (Å²) in [4.78, 5) is 13.1. The lowest BCUT2D eigenvalue weighted by atomic mass is 9.85. The molecule has 6 nitrogen and oxygen atoms in total. The molecule has 0 aromatic heterocycles. The number of amides is 1. The Hall–Kier alpha value is -3.16. The fraction of sp³-hybridized carbons (Fsp3) is 0.321. The molecule has 184 valence electrons.